The summed E-state index contributed by atoms with van der Waals surface area (Å²) in [6.45, 7) is 2.09. The number of carbonyl (C=O) groups is 1. The lowest BCUT2D eigenvalue weighted by Gasteiger charge is -2.30. The Bertz CT molecular complexity index is 666. The van der Waals surface area contributed by atoms with Gasteiger partial charge in [-0.25, -0.2) is 9.78 Å². The minimum Gasteiger partial charge on any atom is -0.461 e. The maximum absolute atomic E-state index is 12.3. The van der Waals surface area contributed by atoms with Gasteiger partial charge in [-0.3, -0.25) is 0 Å². The largest absolute Gasteiger partial charge is 0.461 e. The van der Waals surface area contributed by atoms with Gasteiger partial charge in [-0.1, -0.05) is 43.2 Å². The number of rotatable bonds is 4. The van der Waals surface area contributed by atoms with Crippen LogP contribution in [0.3, 0.4) is 0 Å². The molecule has 1 N–H and O–H groups in total. The zero-order valence-corrected chi connectivity index (χ0v) is 13.3. The molecule has 2 atom stereocenters. The summed E-state index contributed by atoms with van der Waals surface area (Å²) in [5, 5.41) is 10.4. The van der Waals surface area contributed by atoms with Crippen LogP contribution in [-0.2, 0) is 4.74 Å². The number of hydrogen-bond acceptors (Lipinski definition) is 4. The summed E-state index contributed by atoms with van der Waals surface area (Å²) in [6.07, 6.45) is 5.04. The van der Waals surface area contributed by atoms with Crippen molar-refractivity contribution >= 4 is 5.97 Å². The molecule has 1 fully saturated rings. The highest BCUT2D eigenvalue weighted by molar-refractivity contribution is 5.94. The molecule has 0 aliphatic heterocycles. The topological polar surface area (TPSA) is 64.3 Å². The van der Waals surface area contributed by atoms with Crippen LogP contribution >= 0.6 is 0 Å². The number of aromatic nitrogens is 2. The predicted molar refractivity (Wildman–Crippen MR) is 87.1 cm³/mol. The Morgan fingerprint density at radius 2 is 2.04 bits per heavy atom. The van der Waals surface area contributed by atoms with Gasteiger partial charge >= 0.3 is 5.97 Å². The fourth-order valence-corrected chi connectivity index (χ4v) is 3.26. The zero-order valence-electron chi connectivity index (χ0n) is 13.3. The van der Waals surface area contributed by atoms with Crippen molar-refractivity contribution in [1.82, 2.24) is 9.55 Å². The summed E-state index contributed by atoms with van der Waals surface area (Å²) in [7, 11) is 0. The highest BCUT2D eigenvalue weighted by Crippen LogP contribution is 2.34. The average molecular weight is 314 g/mol. The first-order chi connectivity index (χ1) is 11.2. The molecule has 1 aromatic heterocycles. The maximum Gasteiger partial charge on any atom is 0.359 e. The molecule has 3 rings (SSSR count). The molecule has 0 spiro atoms. The van der Waals surface area contributed by atoms with Crippen molar-refractivity contribution in [3.8, 4) is 11.3 Å². The highest BCUT2D eigenvalue weighted by Gasteiger charge is 2.29. The molecule has 1 aliphatic carbocycles. The second kappa shape index (κ2) is 6.96. The third-order valence-corrected chi connectivity index (χ3v) is 4.36. The van der Waals surface area contributed by atoms with E-state index in [2.05, 4.69) is 4.98 Å². The summed E-state index contributed by atoms with van der Waals surface area (Å²) < 4.78 is 7.09. The normalized spacial score (nSPS) is 21.1. The van der Waals surface area contributed by atoms with E-state index >= 15 is 0 Å². The molecule has 5 nitrogen and oxygen atoms in total. The van der Waals surface area contributed by atoms with Gasteiger partial charge in [0.1, 0.15) is 0 Å². The molecular weight excluding hydrogens is 292 g/mol. The van der Waals surface area contributed by atoms with E-state index in [-0.39, 0.29) is 6.04 Å². The summed E-state index contributed by atoms with van der Waals surface area (Å²) in [6, 6.07) is 9.65. The van der Waals surface area contributed by atoms with Crippen molar-refractivity contribution < 1.29 is 14.6 Å². The summed E-state index contributed by atoms with van der Waals surface area (Å²) in [5.41, 5.74) is 1.96. The Morgan fingerprint density at radius 3 is 2.74 bits per heavy atom. The third kappa shape index (κ3) is 3.15. The fraction of sp³-hybridized carbons (Fsp3) is 0.444. The van der Waals surface area contributed by atoms with Crippen LogP contribution in [0.2, 0.25) is 0 Å². The van der Waals surface area contributed by atoms with E-state index in [4.69, 9.17) is 4.74 Å². The van der Waals surface area contributed by atoms with Crippen LogP contribution in [0, 0.1) is 0 Å². The molecular formula is C18H22N2O3. The van der Waals surface area contributed by atoms with Crippen molar-refractivity contribution in [2.45, 2.75) is 44.8 Å². The Balaban J connectivity index is 2.07. The van der Waals surface area contributed by atoms with Gasteiger partial charge in [-0.15, -0.1) is 0 Å². The van der Waals surface area contributed by atoms with Crippen LogP contribution in [0.25, 0.3) is 11.3 Å². The number of nitrogens with zero attached hydrogens (tertiary/aromatic N) is 2. The van der Waals surface area contributed by atoms with Crippen molar-refractivity contribution in [1.29, 1.82) is 0 Å². The number of imidazole rings is 1. The van der Waals surface area contributed by atoms with Crippen molar-refractivity contribution in [2.24, 2.45) is 0 Å². The molecule has 2 aromatic rings. The fourth-order valence-electron chi connectivity index (χ4n) is 3.26. The number of hydrogen-bond donors (Lipinski definition) is 1. The number of aliphatic hydroxyl groups excluding tert-OH is 1. The first kappa shape index (κ1) is 15.7. The van der Waals surface area contributed by atoms with Crippen molar-refractivity contribution in [3.63, 3.8) is 0 Å². The van der Waals surface area contributed by atoms with E-state index in [1.54, 1.807) is 13.3 Å². The molecule has 5 heteroatoms. The SMILES string of the molecule is CCOC(=O)c1ncn([C@H]2CCCC[C@H]2O)c1-c1ccccc1. The summed E-state index contributed by atoms with van der Waals surface area (Å²) in [4.78, 5) is 16.6. The Hall–Kier alpha value is -2.14. The summed E-state index contributed by atoms with van der Waals surface area (Å²) >= 11 is 0. The number of benzene rings is 1. The molecule has 1 heterocycles. The predicted octanol–water partition coefficient (Wildman–Crippen LogP) is 3.20. The van der Waals surface area contributed by atoms with Crippen LogP contribution in [0.15, 0.2) is 36.7 Å². The Kier molecular flexibility index (Phi) is 4.76. The molecule has 0 amide bonds. The van der Waals surface area contributed by atoms with E-state index in [0.29, 0.717) is 12.3 Å². The van der Waals surface area contributed by atoms with Crippen LogP contribution in [0.5, 0.6) is 0 Å². The number of aliphatic hydroxyl groups is 1. The molecule has 0 radical (unpaired) electrons. The molecule has 1 saturated carbocycles. The van der Waals surface area contributed by atoms with E-state index < -0.39 is 12.1 Å². The van der Waals surface area contributed by atoms with Crippen LogP contribution in [0.4, 0.5) is 0 Å². The van der Waals surface area contributed by atoms with Gasteiger partial charge < -0.3 is 14.4 Å². The molecule has 122 valence electrons. The third-order valence-electron chi connectivity index (χ3n) is 4.36. The van der Waals surface area contributed by atoms with Gasteiger partial charge in [-0.2, -0.15) is 0 Å². The van der Waals surface area contributed by atoms with Gasteiger partial charge in [-0.05, 0) is 19.8 Å². The molecule has 0 unspecified atom stereocenters. The summed E-state index contributed by atoms with van der Waals surface area (Å²) in [5.74, 6) is -0.421. The standard InChI is InChI=1S/C18H22N2O3/c1-2-23-18(22)16-17(13-8-4-3-5-9-13)20(12-19-16)14-10-6-7-11-15(14)21/h3-5,8-9,12,14-15,21H,2,6-7,10-11H2,1H3/t14-,15+/m0/s1. The molecule has 1 aromatic carbocycles. The second-order valence-electron chi connectivity index (χ2n) is 5.85. The molecule has 0 saturated heterocycles. The first-order valence-electron chi connectivity index (χ1n) is 8.19. The first-order valence-corrected chi connectivity index (χ1v) is 8.19. The second-order valence-corrected chi connectivity index (χ2v) is 5.85. The Labute approximate surface area is 135 Å². The lowest BCUT2D eigenvalue weighted by Crippen LogP contribution is -2.27. The lowest BCUT2D eigenvalue weighted by atomic mass is 9.92. The van der Waals surface area contributed by atoms with Gasteiger partial charge in [0, 0.05) is 5.56 Å². The number of ether oxygens (including phenoxy) is 1. The van der Waals surface area contributed by atoms with E-state index in [0.717, 1.165) is 36.9 Å². The van der Waals surface area contributed by atoms with Gasteiger partial charge in [0.05, 0.1) is 30.8 Å². The average Bonchev–Trinajstić information content (AvgIpc) is 3.01. The van der Waals surface area contributed by atoms with Crippen LogP contribution in [-0.4, -0.2) is 33.3 Å². The quantitative estimate of drug-likeness (QED) is 0.880. The minimum absolute atomic E-state index is 0.0466. The van der Waals surface area contributed by atoms with Crippen molar-refractivity contribution in [3.05, 3.63) is 42.4 Å². The van der Waals surface area contributed by atoms with Gasteiger partial charge in [0.2, 0.25) is 0 Å². The monoisotopic (exact) mass is 314 g/mol. The number of carbonyl (C=O) groups excluding carboxylic acids is 1. The van der Waals surface area contributed by atoms with Gasteiger partial charge in [0.15, 0.2) is 5.69 Å². The highest BCUT2D eigenvalue weighted by atomic mass is 16.5. The lowest BCUT2D eigenvalue weighted by molar-refractivity contribution is 0.0519. The number of esters is 1. The zero-order chi connectivity index (χ0) is 16.2. The van der Waals surface area contributed by atoms with E-state index in [1.165, 1.54) is 0 Å². The molecule has 0 bridgehead atoms. The van der Waals surface area contributed by atoms with Crippen molar-refractivity contribution in [2.75, 3.05) is 6.61 Å². The molecule has 1 aliphatic rings. The Morgan fingerprint density at radius 1 is 1.30 bits per heavy atom. The van der Waals surface area contributed by atoms with Crippen LogP contribution in [0.1, 0.15) is 49.1 Å². The maximum atomic E-state index is 12.3. The smallest absolute Gasteiger partial charge is 0.359 e. The minimum atomic E-state index is -0.421. The van der Waals surface area contributed by atoms with E-state index in [1.807, 2.05) is 34.9 Å². The van der Waals surface area contributed by atoms with Crippen LogP contribution < -0.4 is 0 Å². The van der Waals surface area contributed by atoms with E-state index in [9.17, 15) is 9.90 Å². The van der Waals surface area contributed by atoms with Gasteiger partial charge in [0.25, 0.3) is 0 Å². The molecule has 23 heavy (non-hydrogen) atoms.